The predicted octanol–water partition coefficient (Wildman–Crippen LogP) is 3.23. The molecule has 1 saturated carbocycles. The lowest BCUT2D eigenvalue weighted by Gasteiger charge is -2.45. The van der Waals surface area contributed by atoms with E-state index in [0.29, 0.717) is 11.8 Å². The van der Waals surface area contributed by atoms with Gasteiger partial charge in [0.2, 0.25) is 0 Å². The number of hydrogen-bond donors (Lipinski definition) is 1. The van der Waals surface area contributed by atoms with Crippen molar-refractivity contribution in [1.29, 1.82) is 0 Å². The van der Waals surface area contributed by atoms with E-state index in [9.17, 15) is 5.11 Å². The molecule has 0 amide bonds. The summed E-state index contributed by atoms with van der Waals surface area (Å²) in [4.78, 5) is 0. The normalized spacial score (nSPS) is 37.8. The summed E-state index contributed by atoms with van der Waals surface area (Å²) in [6, 6.07) is 0. The van der Waals surface area contributed by atoms with E-state index in [1.807, 2.05) is 11.8 Å². The molecule has 1 aliphatic carbocycles. The standard InChI is InChI=1S/C15H26O2S/c16-14(13-5-9-18-11-13)12-4-8-17-15(10-12)6-2-1-3-7-15/h12-14,16H,1-11H2. The van der Waals surface area contributed by atoms with Crippen molar-refractivity contribution >= 4 is 11.8 Å². The average Bonchev–Trinajstić information content (AvgIpc) is 2.93. The van der Waals surface area contributed by atoms with Crippen LogP contribution in [0, 0.1) is 11.8 Å². The number of thioether (sulfide) groups is 1. The fourth-order valence-corrected chi connectivity index (χ4v) is 5.41. The Labute approximate surface area is 115 Å². The van der Waals surface area contributed by atoms with Crippen molar-refractivity contribution in [3.05, 3.63) is 0 Å². The molecular formula is C15H26O2S. The summed E-state index contributed by atoms with van der Waals surface area (Å²) < 4.78 is 6.13. The zero-order valence-electron chi connectivity index (χ0n) is 11.3. The van der Waals surface area contributed by atoms with Gasteiger partial charge in [0.05, 0.1) is 11.7 Å². The van der Waals surface area contributed by atoms with Crippen LogP contribution in [-0.2, 0) is 4.74 Å². The van der Waals surface area contributed by atoms with Crippen molar-refractivity contribution in [3.8, 4) is 0 Å². The zero-order chi connectivity index (χ0) is 12.4. The lowest BCUT2D eigenvalue weighted by molar-refractivity contribution is -0.138. The second-order valence-corrected chi connectivity index (χ2v) is 7.61. The third kappa shape index (κ3) is 2.73. The monoisotopic (exact) mass is 270 g/mol. The number of ether oxygens (including phenoxy) is 1. The molecule has 1 spiro atoms. The largest absolute Gasteiger partial charge is 0.393 e. The molecule has 3 aliphatic rings. The Morgan fingerprint density at radius 2 is 1.94 bits per heavy atom. The first-order valence-corrected chi connectivity index (χ1v) is 8.84. The van der Waals surface area contributed by atoms with E-state index in [2.05, 4.69) is 0 Å². The summed E-state index contributed by atoms with van der Waals surface area (Å²) in [7, 11) is 0. The molecule has 3 heteroatoms. The Bertz CT molecular complexity index is 264. The molecule has 2 nitrogen and oxygen atoms in total. The van der Waals surface area contributed by atoms with Gasteiger partial charge in [-0.1, -0.05) is 19.3 Å². The molecule has 3 unspecified atom stereocenters. The third-order valence-electron chi connectivity index (χ3n) is 5.23. The molecule has 0 aromatic rings. The molecule has 0 bridgehead atoms. The molecule has 3 rings (SSSR count). The predicted molar refractivity (Wildman–Crippen MR) is 75.9 cm³/mol. The molecule has 3 atom stereocenters. The van der Waals surface area contributed by atoms with Gasteiger partial charge in [-0.15, -0.1) is 0 Å². The Balaban J connectivity index is 1.62. The first-order chi connectivity index (χ1) is 8.79. The average molecular weight is 270 g/mol. The molecule has 0 radical (unpaired) electrons. The molecule has 2 saturated heterocycles. The highest BCUT2D eigenvalue weighted by atomic mass is 32.2. The highest BCUT2D eigenvalue weighted by Crippen LogP contribution is 2.43. The van der Waals surface area contributed by atoms with Crippen molar-refractivity contribution in [2.75, 3.05) is 18.1 Å². The van der Waals surface area contributed by atoms with Gasteiger partial charge in [0.25, 0.3) is 0 Å². The molecule has 2 heterocycles. The first kappa shape index (κ1) is 13.3. The lowest BCUT2D eigenvalue weighted by Crippen LogP contribution is -2.45. The van der Waals surface area contributed by atoms with Gasteiger partial charge in [-0.2, -0.15) is 11.8 Å². The number of aliphatic hydroxyl groups is 1. The van der Waals surface area contributed by atoms with E-state index in [1.54, 1.807) is 0 Å². The van der Waals surface area contributed by atoms with E-state index >= 15 is 0 Å². The van der Waals surface area contributed by atoms with E-state index in [-0.39, 0.29) is 11.7 Å². The van der Waals surface area contributed by atoms with Crippen molar-refractivity contribution < 1.29 is 9.84 Å². The Kier molecular flexibility index (Phi) is 4.21. The van der Waals surface area contributed by atoms with Gasteiger partial charge in [-0.25, -0.2) is 0 Å². The second kappa shape index (κ2) is 5.72. The van der Waals surface area contributed by atoms with E-state index < -0.39 is 0 Å². The van der Waals surface area contributed by atoms with Gasteiger partial charge in [0, 0.05) is 6.61 Å². The van der Waals surface area contributed by atoms with Gasteiger partial charge < -0.3 is 9.84 Å². The molecule has 3 fully saturated rings. The summed E-state index contributed by atoms with van der Waals surface area (Å²) in [5.74, 6) is 3.47. The van der Waals surface area contributed by atoms with Crippen LogP contribution in [0.25, 0.3) is 0 Å². The van der Waals surface area contributed by atoms with Crippen molar-refractivity contribution in [3.63, 3.8) is 0 Å². The van der Waals surface area contributed by atoms with Crippen LogP contribution in [0.2, 0.25) is 0 Å². The summed E-state index contributed by atoms with van der Waals surface area (Å²) in [5.41, 5.74) is 0.147. The maximum absolute atomic E-state index is 10.6. The van der Waals surface area contributed by atoms with Gasteiger partial charge in [0.15, 0.2) is 0 Å². The molecule has 18 heavy (non-hydrogen) atoms. The molecular weight excluding hydrogens is 244 g/mol. The third-order valence-corrected chi connectivity index (χ3v) is 6.41. The summed E-state index contributed by atoms with van der Waals surface area (Å²) in [5, 5.41) is 10.6. The minimum atomic E-state index is -0.0669. The maximum atomic E-state index is 10.6. The Morgan fingerprint density at radius 1 is 1.11 bits per heavy atom. The number of aliphatic hydroxyl groups excluding tert-OH is 1. The second-order valence-electron chi connectivity index (χ2n) is 6.46. The van der Waals surface area contributed by atoms with Crippen LogP contribution in [0.3, 0.4) is 0 Å². The molecule has 0 aromatic heterocycles. The van der Waals surface area contributed by atoms with Crippen molar-refractivity contribution in [1.82, 2.24) is 0 Å². The van der Waals surface area contributed by atoms with E-state index in [4.69, 9.17) is 4.74 Å². The van der Waals surface area contributed by atoms with Gasteiger partial charge in [0.1, 0.15) is 0 Å². The number of hydrogen-bond acceptors (Lipinski definition) is 3. The molecule has 1 N–H and O–H groups in total. The first-order valence-electron chi connectivity index (χ1n) is 7.69. The smallest absolute Gasteiger partial charge is 0.0686 e. The minimum Gasteiger partial charge on any atom is -0.393 e. The van der Waals surface area contributed by atoms with Gasteiger partial charge >= 0.3 is 0 Å². The summed E-state index contributed by atoms with van der Waals surface area (Å²) in [6.45, 7) is 0.877. The van der Waals surface area contributed by atoms with Crippen LogP contribution in [0.5, 0.6) is 0 Å². The Morgan fingerprint density at radius 3 is 2.67 bits per heavy atom. The fraction of sp³-hybridized carbons (Fsp3) is 1.00. The van der Waals surface area contributed by atoms with E-state index in [0.717, 1.165) is 19.4 Å². The van der Waals surface area contributed by atoms with Crippen LogP contribution in [0.1, 0.15) is 51.4 Å². The fourth-order valence-electron chi connectivity index (χ4n) is 4.11. The summed E-state index contributed by atoms with van der Waals surface area (Å²) >= 11 is 2.01. The molecule has 104 valence electrons. The van der Waals surface area contributed by atoms with Gasteiger partial charge in [-0.3, -0.25) is 0 Å². The van der Waals surface area contributed by atoms with Crippen LogP contribution in [0.4, 0.5) is 0 Å². The minimum absolute atomic E-state index is 0.0669. The number of rotatable bonds is 2. The van der Waals surface area contributed by atoms with Crippen LogP contribution < -0.4 is 0 Å². The van der Waals surface area contributed by atoms with Crippen LogP contribution in [0.15, 0.2) is 0 Å². The summed E-state index contributed by atoms with van der Waals surface area (Å²) in [6.07, 6.45) is 9.82. The highest BCUT2D eigenvalue weighted by molar-refractivity contribution is 7.99. The highest BCUT2D eigenvalue weighted by Gasteiger charge is 2.42. The van der Waals surface area contributed by atoms with Crippen LogP contribution in [-0.4, -0.2) is 34.9 Å². The molecule has 2 aliphatic heterocycles. The lowest BCUT2D eigenvalue weighted by atomic mass is 9.73. The quantitative estimate of drug-likeness (QED) is 0.835. The zero-order valence-corrected chi connectivity index (χ0v) is 12.1. The van der Waals surface area contributed by atoms with Crippen molar-refractivity contribution in [2.45, 2.75) is 63.1 Å². The maximum Gasteiger partial charge on any atom is 0.0686 e. The van der Waals surface area contributed by atoms with Gasteiger partial charge in [-0.05, 0) is 55.4 Å². The van der Waals surface area contributed by atoms with Crippen molar-refractivity contribution in [2.24, 2.45) is 11.8 Å². The topological polar surface area (TPSA) is 29.5 Å². The van der Waals surface area contributed by atoms with Crippen LogP contribution >= 0.6 is 11.8 Å². The Hall–Kier alpha value is 0.270. The molecule has 0 aromatic carbocycles. The SMILES string of the molecule is OC(C1CCSC1)C1CCOC2(CCCCC2)C1. The van der Waals surface area contributed by atoms with E-state index in [1.165, 1.54) is 50.0 Å².